The summed E-state index contributed by atoms with van der Waals surface area (Å²) < 4.78 is 22.4. The number of hydrogen-bond acceptors (Lipinski definition) is 12. The van der Waals surface area contributed by atoms with E-state index in [0.29, 0.717) is 5.57 Å². The number of rotatable bonds is 4. The first-order valence-electron chi connectivity index (χ1n) is 12.7. The van der Waals surface area contributed by atoms with Crippen LogP contribution in [0.2, 0.25) is 0 Å². The van der Waals surface area contributed by atoms with Crippen molar-refractivity contribution < 1.29 is 58.6 Å². The van der Waals surface area contributed by atoms with E-state index in [1.54, 1.807) is 13.8 Å². The fourth-order valence-electron chi connectivity index (χ4n) is 8.39. The zero-order chi connectivity index (χ0) is 28.2. The molecule has 0 aromatic heterocycles. The summed E-state index contributed by atoms with van der Waals surface area (Å²) in [6.45, 7) is 5.88. The second-order valence-electron chi connectivity index (χ2n) is 12.3. The Bertz CT molecular complexity index is 1140. The van der Waals surface area contributed by atoms with Gasteiger partial charge in [0, 0.05) is 17.8 Å². The molecule has 0 radical (unpaired) electrons. The van der Waals surface area contributed by atoms with Gasteiger partial charge in [-0.25, -0.2) is 9.59 Å². The van der Waals surface area contributed by atoms with Crippen molar-refractivity contribution in [3.63, 3.8) is 0 Å². The molecule has 2 bridgehead atoms. The fourth-order valence-corrected chi connectivity index (χ4v) is 8.39. The standard InChI is InChI=1S/C26H34O12/c1-10-11-6-13-25-9-36-26(22(33)35-5,19(25)17(21(32)37-13)38-14(28)8-23(2,3)34)20(31)16(30)18(25)24(11,4)7-12(27)15(10)29/h11,13,16-20,29-31,34H,6-9H2,1-5H3/t11-,13+,16+,17+,18+,19+,20+,24-,25+,26-/m0/s1. The van der Waals surface area contributed by atoms with Crippen molar-refractivity contribution in [2.75, 3.05) is 13.7 Å². The third-order valence-corrected chi connectivity index (χ3v) is 9.68. The van der Waals surface area contributed by atoms with Crippen LogP contribution in [0.15, 0.2) is 11.3 Å². The van der Waals surface area contributed by atoms with Gasteiger partial charge in [-0.2, -0.15) is 0 Å². The average Bonchev–Trinajstić information content (AvgIpc) is 3.12. The molecule has 38 heavy (non-hydrogen) atoms. The number of aliphatic hydroxyl groups excluding tert-OH is 3. The number of allylic oxidation sites excluding steroid dienone is 2. The number of hydrogen-bond donors (Lipinski definition) is 4. The number of methoxy groups -OCH3 is 1. The third kappa shape index (κ3) is 3.23. The summed E-state index contributed by atoms with van der Waals surface area (Å²) in [6.07, 6.45) is -6.71. The highest BCUT2D eigenvalue weighted by atomic mass is 16.6. The van der Waals surface area contributed by atoms with Crippen LogP contribution in [-0.2, 0) is 38.1 Å². The van der Waals surface area contributed by atoms with Crippen molar-refractivity contribution in [2.45, 2.75) is 82.6 Å². The number of ketones is 1. The Morgan fingerprint density at radius 2 is 1.84 bits per heavy atom. The number of aliphatic hydroxyl groups is 4. The lowest BCUT2D eigenvalue weighted by molar-refractivity contribution is -0.290. The maximum absolute atomic E-state index is 13.4. The van der Waals surface area contributed by atoms with E-state index in [0.717, 1.165) is 7.11 Å². The summed E-state index contributed by atoms with van der Waals surface area (Å²) in [5, 5.41) is 43.7. The molecule has 0 unspecified atom stereocenters. The molecule has 12 heteroatoms. The molecule has 1 spiro atoms. The number of ether oxygens (including phenoxy) is 4. The molecule has 2 aliphatic heterocycles. The van der Waals surface area contributed by atoms with Gasteiger partial charge in [-0.3, -0.25) is 9.59 Å². The van der Waals surface area contributed by atoms with E-state index >= 15 is 0 Å². The molecule has 2 heterocycles. The van der Waals surface area contributed by atoms with Gasteiger partial charge < -0.3 is 39.4 Å². The molecule has 4 N–H and O–H groups in total. The molecule has 10 atom stereocenters. The highest BCUT2D eigenvalue weighted by Gasteiger charge is 2.85. The smallest absolute Gasteiger partial charge is 0.348 e. The first kappa shape index (κ1) is 27.0. The van der Waals surface area contributed by atoms with Crippen molar-refractivity contribution in [1.82, 2.24) is 0 Å². The molecule has 12 nitrogen and oxygen atoms in total. The lowest BCUT2D eigenvalue weighted by Crippen LogP contribution is -2.79. The lowest BCUT2D eigenvalue weighted by atomic mass is 9.38. The molecule has 0 aromatic carbocycles. The Hall–Kier alpha value is -2.54. The SMILES string of the molecule is COC(=O)[C@@]12OC[C@]34[C@H]([C@@H](O)[C@H]1O)[C@@]1(C)CC(=O)C(O)=C(C)[C@@H]1C[C@H]3OC(=O)[C@H](OC(=O)CC(C)(C)O)[C@@H]24. The number of carbonyl (C=O) groups is 4. The monoisotopic (exact) mass is 538 g/mol. The highest BCUT2D eigenvalue weighted by molar-refractivity contribution is 5.95. The quantitative estimate of drug-likeness (QED) is 0.271. The second-order valence-corrected chi connectivity index (χ2v) is 12.3. The van der Waals surface area contributed by atoms with Crippen LogP contribution in [0.3, 0.4) is 0 Å². The largest absolute Gasteiger partial charge is 0.504 e. The van der Waals surface area contributed by atoms with Gasteiger partial charge in [0.25, 0.3) is 0 Å². The van der Waals surface area contributed by atoms with Crippen LogP contribution in [0, 0.1) is 28.6 Å². The van der Waals surface area contributed by atoms with E-state index in [2.05, 4.69) is 0 Å². The van der Waals surface area contributed by atoms with Crippen molar-refractivity contribution >= 4 is 23.7 Å². The maximum atomic E-state index is 13.4. The Kier molecular flexibility index (Phi) is 5.86. The van der Waals surface area contributed by atoms with E-state index in [4.69, 9.17) is 18.9 Å². The summed E-state index contributed by atoms with van der Waals surface area (Å²) in [7, 11) is 1.07. The van der Waals surface area contributed by atoms with Crippen LogP contribution >= 0.6 is 0 Å². The van der Waals surface area contributed by atoms with Gasteiger partial charge in [0.2, 0.25) is 11.7 Å². The van der Waals surface area contributed by atoms with Crippen LogP contribution in [0.4, 0.5) is 0 Å². The second kappa shape index (κ2) is 8.23. The van der Waals surface area contributed by atoms with Crippen LogP contribution in [-0.4, -0.2) is 93.5 Å². The van der Waals surface area contributed by atoms with Gasteiger partial charge in [-0.1, -0.05) is 6.92 Å². The minimum absolute atomic E-state index is 0.145. The first-order chi connectivity index (χ1) is 17.6. The highest BCUT2D eigenvalue weighted by Crippen LogP contribution is 2.72. The Morgan fingerprint density at radius 1 is 1.18 bits per heavy atom. The molecule has 5 rings (SSSR count). The third-order valence-electron chi connectivity index (χ3n) is 9.68. The zero-order valence-corrected chi connectivity index (χ0v) is 21.9. The van der Waals surface area contributed by atoms with Crippen LogP contribution < -0.4 is 0 Å². The van der Waals surface area contributed by atoms with Crippen LogP contribution in [0.25, 0.3) is 0 Å². The van der Waals surface area contributed by atoms with Gasteiger partial charge in [-0.15, -0.1) is 0 Å². The number of fused-ring (bicyclic) bond motifs is 2. The summed E-state index contributed by atoms with van der Waals surface area (Å²) >= 11 is 0. The van der Waals surface area contributed by atoms with Gasteiger partial charge in [-0.05, 0) is 44.1 Å². The van der Waals surface area contributed by atoms with E-state index < -0.39 is 94.3 Å². The molecule has 0 amide bonds. The Morgan fingerprint density at radius 3 is 2.45 bits per heavy atom. The molecule has 5 aliphatic rings. The molecule has 0 aromatic rings. The van der Waals surface area contributed by atoms with Gasteiger partial charge in [0.1, 0.15) is 12.2 Å². The van der Waals surface area contributed by atoms with Crippen molar-refractivity contribution in [3.05, 3.63) is 11.3 Å². The summed E-state index contributed by atoms with van der Waals surface area (Å²) in [5.41, 5.74) is -5.73. The fraction of sp³-hybridized carbons (Fsp3) is 0.769. The first-order valence-corrected chi connectivity index (χ1v) is 12.7. The molecule has 2 saturated carbocycles. The predicted octanol–water partition coefficient (Wildman–Crippen LogP) is -0.288. The van der Waals surface area contributed by atoms with Gasteiger partial charge in [0.15, 0.2) is 11.5 Å². The summed E-state index contributed by atoms with van der Waals surface area (Å²) in [4.78, 5) is 52.4. The Labute approximate surface area is 218 Å². The normalized spacial score (nSPS) is 45.6. The zero-order valence-electron chi connectivity index (χ0n) is 21.9. The number of Topliss-reactive ketones (excluding diaryl/α,β-unsaturated/α-hetero) is 1. The Balaban J connectivity index is 1.71. The minimum Gasteiger partial charge on any atom is -0.504 e. The van der Waals surface area contributed by atoms with E-state index in [9.17, 15) is 39.6 Å². The molecule has 210 valence electrons. The molecule has 2 saturated heterocycles. The lowest BCUT2D eigenvalue weighted by Gasteiger charge is -2.67. The summed E-state index contributed by atoms with van der Waals surface area (Å²) in [6, 6.07) is 0. The van der Waals surface area contributed by atoms with Crippen molar-refractivity contribution in [3.8, 4) is 0 Å². The van der Waals surface area contributed by atoms with Crippen molar-refractivity contribution in [2.24, 2.45) is 28.6 Å². The number of carbonyl (C=O) groups excluding carboxylic acids is 4. The minimum atomic E-state index is -2.27. The summed E-state index contributed by atoms with van der Waals surface area (Å²) in [5.74, 6) is -6.66. The van der Waals surface area contributed by atoms with Gasteiger partial charge in [0.05, 0.1) is 37.8 Å². The van der Waals surface area contributed by atoms with Crippen molar-refractivity contribution in [1.29, 1.82) is 0 Å². The van der Waals surface area contributed by atoms with Crippen LogP contribution in [0.1, 0.15) is 47.0 Å². The molecule has 3 aliphatic carbocycles. The maximum Gasteiger partial charge on any atom is 0.348 e. The molecule has 4 fully saturated rings. The van der Waals surface area contributed by atoms with Gasteiger partial charge >= 0.3 is 17.9 Å². The van der Waals surface area contributed by atoms with Crippen LogP contribution in [0.5, 0.6) is 0 Å². The van der Waals surface area contributed by atoms with E-state index in [-0.39, 0.29) is 25.2 Å². The molecular formula is C26H34O12. The predicted molar refractivity (Wildman–Crippen MR) is 124 cm³/mol. The molecular weight excluding hydrogens is 504 g/mol. The average molecular weight is 539 g/mol. The van der Waals surface area contributed by atoms with E-state index in [1.807, 2.05) is 0 Å². The topological polar surface area (TPSA) is 186 Å². The number of esters is 3. The van der Waals surface area contributed by atoms with E-state index in [1.165, 1.54) is 13.8 Å².